The maximum Gasteiger partial charge on any atom is 0.255 e. The Hall–Kier alpha value is -3.93. The number of carbonyl (C=O) groups excluding carboxylic acids is 3. The van der Waals surface area contributed by atoms with Gasteiger partial charge in [0.2, 0.25) is 5.91 Å². The molecule has 40 heavy (non-hydrogen) atoms. The Morgan fingerprint density at radius 2 is 1.55 bits per heavy atom. The average molecular weight is 539 g/mol. The zero-order valence-electron chi connectivity index (χ0n) is 23.9. The van der Waals surface area contributed by atoms with Gasteiger partial charge in [0.1, 0.15) is 5.75 Å². The first-order valence-corrected chi connectivity index (χ1v) is 14.2. The van der Waals surface area contributed by atoms with Gasteiger partial charge in [-0.3, -0.25) is 14.4 Å². The van der Waals surface area contributed by atoms with Gasteiger partial charge in [0.15, 0.2) is 11.3 Å². The first-order chi connectivity index (χ1) is 19.2. The number of rotatable bonds is 8. The number of para-hydroxylation sites is 1. The number of likely N-dealkylation sites (tertiary alicyclic amines) is 1. The normalized spacial score (nSPS) is 23.5. The van der Waals surface area contributed by atoms with Crippen molar-refractivity contribution in [1.29, 1.82) is 0 Å². The monoisotopic (exact) mass is 538 g/mol. The molecular formula is C34H38N2O4. The summed E-state index contributed by atoms with van der Waals surface area (Å²) in [6.07, 6.45) is 0.934. The molecule has 4 unspecified atom stereocenters. The molecule has 0 bridgehead atoms. The summed E-state index contributed by atoms with van der Waals surface area (Å²) in [5, 5.41) is 3.06. The molecule has 2 heterocycles. The minimum atomic E-state index is -1.47. The van der Waals surface area contributed by atoms with E-state index in [0.29, 0.717) is 29.0 Å². The van der Waals surface area contributed by atoms with E-state index in [0.717, 1.165) is 5.56 Å². The first kappa shape index (κ1) is 27.6. The maximum atomic E-state index is 14.7. The third kappa shape index (κ3) is 4.49. The second-order valence-corrected chi connectivity index (χ2v) is 11.8. The smallest absolute Gasteiger partial charge is 0.255 e. The van der Waals surface area contributed by atoms with Gasteiger partial charge in [0, 0.05) is 35.2 Å². The number of amides is 2. The van der Waals surface area contributed by atoms with Crippen LogP contribution in [-0.2, 0) is 15.1 Å². The highest BCUT2D eigenvalue weighted by molar-refractivity contribution is 6.14. The van der Waals surface area contributed by atoms with Crippen molar-refractivity contribution in [3.8, 4) is 5.75 Å². The summed E-state index contributed by atoms with van der Waals surface area (Å²) in [5.74, 6) is -0.767. The highest BCUT2D eigenvalue weighted by atomic mass is 16.5. The lowest BCUT2D eigenvalue weighted by molar-refractivity contribution is -0.147. The van der Waals surface area contributed by atoms with E-state index in [9.17, 15) is 14.4 Å². The molecule has 1 fully saturated rings. The van der Waals surface area contributed by atoms with Gasteiger partial charge in [0.25, 0.3) is 5.91 Å². The summed E-state index contributed by atoms with van der Waals surface area (Å²) >= 11 is 0. The fourth-order valence-electron chi connectivity index (χ4n) is 6.81. The summed E-state index contributed by atoms with van der Waals surface area (Å²) in [5.41, 5.74) is 1.32. The Balaban J connectivity index is 1.84. The van der Waals surface area contributed by atoms with Crippen molar-refractivity contribution >= 4 is 23.3 Å². The number of anilines is 1. The third-order valence-corrected chi connectivity index (χ3v) is 8.27. The zero-order chi connectivity index (χ0) is 28.6. The number of methoxy groups -OCH3 is 1. The number of Topliss-reactive ketones (excluding diaryl/α,β-unsaturated/α-hetero) is 1. The Bertz CT molecular complexity index is 1400. The van der Waals surface area contributed by atoms with Gasteiger partial charge in [-0.25, -0.2) is 0 Å². The topological polar surface area (TPSA) is 75.7 Å². The predicted molar refractivity (Wildman–Crippen MR) is 156 cm³/mol. The van der Waals surface area contributed by atoms with Crippen LogP contribution in [0.2, 0.25) is 0 Å². The number of hydrogen-bond acceptors (Lipinski definition) is 4. The van der Waals surface area contributed by atoms with Crippen LogP contribution in [0.25, 0.3) is 0 Å². The molecule has 0 aromatic heterocycles. The summed E-state index contributed by atoms with van der Waals surface area (Å²) in [4.78, 5) is 45.4. The van der Waals surface area contributed by atoms with Gasteiger partial charge in [-0.05, 0) is 42.0 Å². The van der Waals surface area contributed by atoms with Crippen LogP contribution in [-0.4, -0.2) is 35.6 Å². The molecule has 208 valence electrons. The van der Waals surface area contributed by atoms with Gasteiger partial charge in [0.05, 0.1) is 13.0 Å². The predicted octanol–water partition coefficient (Wildman–Crippen LogP) is 6.43. The van der Waals surface area contributed by atoms with E-state index in [4.69, 9.17) is 4.74 Å². The molecule has 2 aliphatic heterocycles. The van der Waals surface area contributed by atoms with E-state index >= 15 is 0 Å². The summed E-state index contributed by atoms with van der Waals surface area (Å²) < 4.78 is 5.43. The maximum absolute atomic E-state index is 14.7. The van der Waals surface area contributed by atoms with Crippen molar-refractivity contribution < 1.29 is 19.1 Å². The summed E-state index contributed by atoms with van der Waals surface area (Å²) in [6.45, 7) is 8.26. The van der Waals surface area contributed by atoms with Gasteiger partial charge in [-0.1, -0.05) is 88.4 Å². The number of ether oxygens (including phenoxy) is 1. The van der Waals surface area contributed by atoms with Crippen molar-refractivity contribution in [3.63, 3.8) is 0 Å². The van der Waals surface area contributed by atoms with Crippen LogP contribution in [0.15, 0.2) is 78.9 Å². The van der Waals surface area contributed by atoms with Crippen molar-refractivity contribution in [2.75, 3.05) is 12.4 Å². The molecule has 3 aromatic carbocycles. The minimum Gasteiger partial charge on any atom is -0.497 e. The zero-order valence-corrected chi connectivity index (χ0v) is 23.9. The highest BCUT2D eigenvalue weighted by Gasteiger charge is 2.69. The van der Waals surface area contributed by atoms with E-state index in [-0.39, 0.29) is 41.9 Å². The molecule has 1 saturated heterocycles. The molecule has 4 atom stereocenters. The van der Waals surface area contributed by atoms with Crippen molar-refractivity contribution in [2.45, 2.75) is 58.0 Å². The summed E-state index contributed by atoms with van der Waals surface area (Å²) in [7, 11) is 1.62. The van der Waals surface area contributed by atoms with Gasteiger partial charge >= 0.3 is 0 Å². The summed E-state index contributed by atoms with van der Waals surface area (Å²) in [6, 6.07) is 24.0. The van der Waals surface area contributed by atoms with Crippen LogP contribution < -0.4 is 10.1 Å². The molecule has 0 radical (unpaired) electrons. The second kappa shape index (κ2) is 10.9. The Morgan fingerprint density at radius 1 is 0.900 bits per heavy atom. The molecule has 0 aliphatic carbocycles. The second-order valence-electron chi connectivity index (χ2n) is 11.8. The lowest BCUT2D eigenvalue weighted by Crippen LogP contribution is -2.56. The molecule has 5 rings (SSSR count). The average Bonchev–Trinajstić information content (AvgIpc) is 3.39. The van der Waals surface area contributed by atoms with E-state index in [1.807, 2.05) is 85.5 Å². The van der Waals surface area contributed by atoms with Gasteiger partial charge < -0.3 is 15.0 Å². The number of nitrogens with one attached hydrogen (secondary N) is 1. The number of nitrogens with zero attached hydrogens (tertiary/aromatic N) is 1. The van der Waals surface area contributed by atoms with Crippen LogP contribution >= 0.6 is 0 Å². The lowest BCUT2D eigenvalue weighted by atomic mass is 9.69. The number of fused-ring (bicyclic) bond motifs is 2. The molecule has 6 heteroatoms. The van der Waals surface area contributed by atoms with Crippen LogP contribution in [0.1, 0.15) is 67.9 Å². The van der Waals surface area contributed by atoms with Crippen LogP contribution in [0.3, 0.4) is 0 Å². The molecule has 0 saturated carbocycles. The van der Waals surface area contributed by atoms with E-state index < -0.39 is 17.4 Å². The number of ketones is 1. The molecule has 6 nitrogen and oxygen atoms in total. The van der Waals surface area contributed by atoms with Crippen molar-refractivity contribution in [1.82, 2.24) is 4.90 Å². The quantitative estimate of drug-likeness (QED) is 0.336. The van der Waals surface area contributed by atoms with Crippen LogP contribution in [0, 0.1) is 17.8 Å². The molecule has 2 aliphatic rings. The Morgan fingerprint density at radius 3 is 2.17 bits per heavy atom. The molecular weight excluding hydrogens is 500 g/mol. The molecule has 2 amide bonds. The van der Waals surface area contributed by atoms with Crippen molar-refractivity contribution in [3.05, 3.63) is 95.6 Å². The van der Waals surface area contributed by atoms with Crippen LogP contribution in [0.5, 0.6) is 5.75 Å². The minimum absolute atomic E-state index is 0.0901. The van der Waals surface area contributed by atoms with Crippen molar-refractivity contribution in [2.24, 2.45) is 17.8 Å². The SMILES string of the molecule is COc1ccc(C2C(CC(C)C)N(C(=O)CC(C)C)C3(C(=O)Nc4ccccc43)C2C(=O)c2ccccc2)cc1. The Labute approximate surface area is 236 Å². The largest absolute Gasteiger partial charge is 0.497 e. The van der Waals surface area contributed by atoms with E-state index in [1.165, 1.54) is 0 Å². The van der Waals surface area contributed by atoms with E-state index in [2.05, 4.69) is 19.2 Å². The van der Waals surface area contributed by atoms with Gasteiger partial charge in [-0.15, -0.1) is 0 Å². The fraction of sp³-hybridized carbons (Fsp3) is 0.382. The number of hydrogen-bond donors (Lipinski definition) is 1. The van der Waals surface area contributed by atoms with E-state index in [1.54, 1.807) is 19.2 Å². The molecule has 3 aromatic rings. The number of benzene rings is 3. The standard InChI is InChI=1S/C34H38N2O4/c1-21(2)19-28-30(23-15-17-25(40-5)18-16-23)31(32(38)24-11-7-6-8-12-24)34(36(28)29(37)20-22(3)4)26-13-9-10-14-27(26)35-33(34)39/h6-18,21-22,28,30-31H,19-20H2,1-5H3,(H,35,39). The fourth-order valence-corrected chi connectivity index (χ4v) is 6.81. The third-order valence-electron chi connectivity index (χ3n) is 8.27. The lowest BCUT2D eigenvalue weighted by Gasteiger charge is -2.40. The Kier molecular flexibility index (Phi) is 7.54. The first-order valence-electron chi connectivity index (χ1n) is 14.2. The molecule has 1 spiro atoms. The van der Waals surface area contributed by atoms with Gasteiger partial charge in [-0.2, -0.15) is 0 Å². The number of carbonyl (C=O) groups is 3. The highest BCUT2D eigenvalue weighted by Crippen LogP contribution is 2.60. The molecule has 1 N–H and O–H groups in total. The van der Waals surface area contributed by atoms with Crippen LogP contribution in [0.4, 0.5) is 5.69 Å².